The number of amides is 1. The Kier molecular flexibility index (Phi) is 8.79. The number of hydrogen-bond donors (Lipinski definition) is 2. The van der Waals surface area contributed by atoms with Gasteiger partial charge in [-0.15, -0.1) is 0 Å². The maximum Gasteiger partial charge on any atom is 0.234 e. The van der Waals surface area contributed by atoms with Crippen LogP contribution in [0.5, 0.6) is 0 Å². The van der Waals surface area contributed by atoms with Crippen molar-refractivity contribution in [3.63, 3.8) is 0 Å². The van der Waals surface area contributed by atoms with Gasteiger partial charge in [0.05, 0.1) is 13.2 Å². The van der Waals surface area contributed by atoms with Gasteiger partial charge in [0, 0.05) is 32.8 Å². The Labute approximate surface area is 117 Å². The van der Waals surface area contributed by atoms with Crippen molar-refractivity contribution in [2.45, 2.75) is 38.6 Å². The molecule has 112 valence electrons. The molecule has 0 spiro atoms. The van der Waals surface area contributed by atoms with Crippen LogP contribution in [0.3, 0.4) is 0 Å². The smallest absolute Gasteiger partial charge is 0.234 e. The van der Waals surface area contributed by atoms with Crippen LogP contribution in [0.2, 0.25) is 0 Å². The molecule has 0 bridgehead atoms. The summed E-state index contributed by atoms with van der Waals surface area (Å²) in [5, 5.41) is 6.36. The van der Waals surface area contributed by atoms with Crippen LogP contribution in [-0.4, -0.2) is 63.3 Å². The Balaban J connectivity index is 2.28. The van der Waals surface area contributed by atoms with E-state index < -0.39 is 0 Å². The number of hydrogen-bond acceptors (Lipinski definition) is 4. The van der Waals surface area contributed by atoms with Gasteiger partial charge in [0.15, 0.2) is 0 Å². The highest BCUT2D eigenvalue weighted by atomic mass is 16.5. The normalized spacial score (nSPS) is 20.4. The fourth-order valence-electron chi connectivity index (χ4n) is 2.45. The summed E-state index contributed by atoms with van der Waals surface area (Å²) in [5.41, 5.74) is 0. The molecule has 1 saturated heterocycles. The summed E-state index contributed by atoms with van der Waals surface area (Å²) in [6, 6.07) is 0.484. The van der Waals surface area contributed by atoms with Crippen molar-refractivity contribution in [1.29, 1.82) is 0 Å². The molecule has 1 aliphatic rings. The first kappa shape index (κ1) is 16.4. The number of carbonyl (C=O) groups is 1. The molecule has 1 rings (SSSR count). The average Bonchev–Trinajstić information content (AvgIpc) is 2.43. The molecule has 0 aromatic rings. The molecule has 0 saturated carbocycles. The van der Waals surface area contributed by atoms with Crippen molar-refractivity contribution in [1.82, 2.24) is 15.5 Å². The van der Waals surface area contributed by atoms with E-state index in [-0.39, 0.29) is 5.91 Å². The van der Waals surface area contributed by atoms with Gasteiger partial charge in [-0.3, -0.25) is 9.69 Å². The summed E-state index contributed by atoms with van der Waals surface area (Å²) in [7, 11) is 1.71. The van der Waals surface area contributed by atoms with E-state index in [0.717, 1.165) is 39.2 Å². The molecule has 1 atom stereocenters. The van der Waals surface area contributed by atoms with Crippen molar-refractivity contribution >= 4 is 5.91 Å². The molecule has 0 aliphatic carbocycles. The molecule has 0 aromatic heterocycles. The maximum absolute atomic E-state index is 11.8. The first-order valence-corrected chi connectivity index (χ1v) is 7.48. The zero-order valence-electron chi connectivity index (χ0n) is 12.4. The molecular formula is C14H29N3O2. The van der Waals surface area contributed by atoms with E-state index in [2.05, 4.69) is 22.5 Å². The minimum atomic E-state index is 0.158. The van der Waals surface area contributed by atoms with Crippen LogP contribution in [0.25, 0.3) is 0 Å². The monoisotopic (exact) mass is 271 g/mol. The topological polar surface area (TPSA) is 53.6 Å². The number of piperidine rings is 1. The van der Waals surface area contributed by atoms with Crippen molar-refractivity contribution in [3.05, 3.63) is 0 Å². The number of carbonyl (C=O) groups excluding carboxylic acids is 1. The van der Waals surface area contributed by atoms with Crippen LogP contribution in [0.1, 0.15) is 32.6 Å². The number of ether oxygens (including phenoxy) is 1. The molecule has 1 fully saturated rings. The highest BCUT2D eigenvalue weighted by molar-refractivity contribution is 5.78. The zero-order chi connectivity index (χ0) is 13.9. The Bertz CT molecular complexity index is 249. The molecule has 1 unspecified atom stereocenters. The molecule has 1 aliphatic heterocycles. The van der Waals surface area contributed by atoms with E-state index in [4.69, 9.17) is 4.74 Å². The molecule has 0 aromatic carbocycles. The molecule has 5 nitrogen and oxygen atoms in total. The van der Waals surface area contributed by atoms with Crippen LogP contribution < -0.4 is 10.6 Å². The van der Waals surface area contributed by atoms with E-state index in [0.29, 0.717) is 12.6 Å². The third-order valence-electron chi connectivity index (χ3n) is 3.53. The van der Waals surface area contributed by atoms with Crippen LogP contribution in [0.4, 0.5) is 0 Å². The lowest BCUT2D eigenvalue weighted by Gasteiger charge is -2.35. The van der Waals surface area contributed by atoms with Crippen LogP contribution in [0, 0.1) is 0 Å². The minimum Gasteiger partial charge on any atom is -0.383 e. The number of methoxy groups -OCH3 is 1. The molecule has 2 N–H and O–H groups in total. The number of likely N-dealkylation sites (tertiary alicyclic amines) is 1. The van der Waals surface area contributed by atoms with E-state index in [1.165, 1.54) is 19.3 Å². The van der Waals surface area contributed by atoms with Crippen molar-refractivity contribution in [2.24, 2.45) is 0 Å². The SMILES string of the molecule is CCCNC(=O)CN1CCCCC1CNCCOC. The first-order valence-electron chi connectivity index (χ1n) is 7.48. The van der Waals surface area contributed by atoms with Gasteiger partial charge in [0.25, 0.3) is 0 Å². The van der Waals surface area contributed by atoms with Gasteiger partial charge >= 0.3 is 0 Å². The predicted octanol–water partition coefficient (Wildman–Crippen LogP) is 0.603. The third kappa shape index (κ3) is 6.89. The van der Waals surface area contributed by atoms with E-state index in [1.54, 1.807) is 7.11 Å². The van der Waals surface area contributed by atoms with Gasteiger partial charge in [-0.05, 0) is 25.8 Å². The third-order valence-corrected chi connectivity index (χ3v) is 3.53. The van der Waals surface area contributed by atoms with Gasteiger partial charge in [0.2, 0.25) is 5.91 Å². The van der Waals surface area contributed by atoms with Crippen molar-refractivity contribution in [3.8, 4) is 0 Å². The Morgan fingerprint density at radius 3 is 2.95 bits per heavy atom. The molecule has 19 heavy (non-hydrogen) atoms. The molecular weight excluding hydrogens is 242 g/mol. The maximum atomic E-state index is 11.8. The number of nitrogens with zero attached hydrogens (tertiary/aromatic N) is 1. The van der Waals surface area contributed by atoms with Gasteiger partial charge in [0.1, 0.15) is 0 Å². The van der Waals surface area contributed by atoms with E-state index >= 15 is 0 Å². The highest BCUT2D eigenvalue weighted by Gasteiger charge is 2.23. The summed E-state index contributed by atoms with van der Waals surface area (Å²) in [6.07, 6.45) is 4.65. The lowest BCUT2D eigenvalue weighted by molar-refractivity contribution is -0.123. The molecule has 1 amide bonds. The lowest BCUT2D eigenvalue weighted by atomic mass is 10.0. The molecule has 5 heteroatoms. The second-order valence-corrected chi connectivity index (χ2v) is 5.17. The largest absolute Gasteiger partial charge is 0.383 e. The summed E-state index contributed by atoms with van der Waals surface area (Å²) >= 11 is 0. The standard InChI is InChI=1S/C14H29N3O2/c1-3-7-16-14(18)12-17-9-5-4-6-13(17)11-15-8-10-19-2/h13,15H,3-12H2,1-2H3,(H,16,18). The average molecular weight is 271 g/mol. The van der Waals surface area contributed by atoms with Crippen LogP contribution in [-0.2, 0) is 9.53 Å². The van der Waals surface area contributed by atoms with Gasteiger partial charge < -0.3 is 15.4 Å². The second-order valence-electron chi connectivity index (χ2n) is 5.17. The number of rotatable bonds is 9. The van der Waals surface area contributed by atoms with E-state index in [1.807, 2.05) is 0 Å². The van der Waals surface area contributed by atoms with Crippen LogP contribution >= 0.6 is 0 Å². The predicted molar refractivity (Wildman–Crippen MR) is 77.3 cm³/mol. The van der Waals surface area contributed by atoms with Crippen LogP contribution in [0.15, 0.2) is 0 Å². The minimum absolute atomic E-state index is 0.158. The Morgan fingerprint density at radius 1 is 1.37 bits per heavy atom. The molecule has 0 radical (unpaired) electrons. The summed E-state index contributed by atoms with van der Waals surface area (Å²) in [4.78, 5) is 14.1. The highest BCUT2D eigenvalue weighted by Crippen LogP contribution is 2.15. The second kappa shape index (κ2) is 10.2. The summed E-state index contributed by atoms with van der Waals surface area (Å²) < 4.78 is 5.03. The molecule has 1 heterocycles. The van der Waals surface area contributed by atoms with E-state index in [9.17, 15) is 4.79 Å². The number of nitrogens with one attached hydrogen (secondary N) is 2. The fraction of sp³-hybridized carbons (Fsp3) is 0.929. The summed E-state index contributed by atoms with van der Waals surface area (Å²) in [5.74, 6) is 0.158. The van der Waals surface area contributed by atoms with Gasteiger partial charge in [-0.1, -0.05) is 13.3 Å². The van der Waals surface area contributed by atoms with Crippen molar-refractivity contribution in [2.75, 3.05) is 46.4 Å². The van der Waals surface area contributed by atoms with Crippen molar-refractivity contribution < 1.29 is 9.53 Å². The Morgan fingerprint density at radius 2 is 2.21 bits per heavy atom. The summed E-state index contributed by atoms with van der Waals surface area (Å²) in [6.45, 7) is 7.00. The zero-order valence-corrected chi connectivity index (χ0v) is 12.4. The Hall–Kier alpha value is -0.650. The fourth-order valence-corrected chi connectivity index (χ4v) is 2.45. The first-order chi connectivity index (χ1) is 9.27. The van der Waals surface area contributed by atoms with Gasteiger partial charge in [-0.25, -0.2) is 0 Å². The lowest BCUT2D eigenvalue weighted by Crippen LogP contribution is -2.49. The van der Waals surface area contributed by atoms with Gasteiger partial charge in [-0.2, -0.15) is 0 Å². The quantitative estimate of drug-likeness (QED) is 0.603.